The van der Waals surface area contributed by atoms with E-state index in [0.717, 1.165) is 10.9 Å². The minimum Gasteiger partial charge on any atom is -0.278 e. The summed E-state index contributed by atoms with van der Waals surface area (Å²) in [5.41, 5.74) is 1.09. The first-order valence-electron chi connectivity index (χ1n) is 3.49. The Morgan fingerprint density at radius 3 is 2.36 bits per heavy atom. The number of nitrogens with one attached hydrogen (secondary N) is 1. The first-order valence-corrected chi connectivity index (χ1v) is 6.63. The van der Waals surface area contributed by atoms with Gasteiger partial charge in [0.2, 0.25) is 0 Å². The number of aromatic nitrogens is 2. The predicted octanol–water partition coefficient (Wildman–Crippen LogP) is 2.27. The zero-order valence-corrected chi connectivity index (χ0v) is 9.14. The molecular formula is C7H6Cl2N2O2S. The van der Waals surface area contributed by atoms with Crippen molar-refractivity contribution in [3.8, 4) is 0 Å². The van der Waals surface area contributed by atoms with Gasteiger partial charge in [-0.05, 0) is 6.07 Å². The first kappa shape index (κ1) is 11.3. The van der Waals surface area contributed by atoms with Crippen LogP contribution in [0.25, 0.3) is 10.9 Å². The molecule has 4 nitrogen and oxygen atoms in total. The van der Waals surface area contributed by atoms with Gasteiger partial charge in [0.25, 0.3) is 0 Å². The molecule has 0 spiro atoms. The van der Waals surface area contributed by atoms with E-state index in [1.165, 1.54) is 0 Å². The molecule has 76 valence electrons. The number of hydrogen-bond donors (Lipinski definition) is 1. The van der Waals surface area contributed by atoms with Gasteiger partial charge in [-0.3, -0.25) is 5.10 Å². The molecule has 0 fully saturated rings. The number of fused-ring (bicyclic) bond motifs is 1. The Morgan fingerprint density at radius 2 is 1.79 bits per heavy atom. The predicted molar refractivity (Wildman–Crippen MR) is 56.7 cm³/mol. The van der Waals surface area contributed by atoms with Gasteiger partial charge < -0.3 is 0 Å². The number of para-hydroxylation sites is 1. The van der Waals surface area contributed by atoms with E-state index in [0.29, 0.717) is 0 Å². The van der Waals surface area contributed by atoms with Crippen molar-refractivity contribution in [3.05, 3.63) is 30.5 Å². The molecule has 0 unspecified atom stereocenters. The highest BCUT2D eigenvalue weighted by molar-refractivity contribution is 8.31. The molecule has 1 aromatic heterocycles. The molecule has 0 amide bonds. The summed E-state index contributed by atoms with van der Waals surface area (Å²) in [5.74, 6) is 0. The molecule has 7 heteroatoms. The van der Waals surface area contributed by atoms with Crippen LogP contribution in [-0.4, -0.2) is 18.6 Å². The van der Waals surface area contributed by atoms with Gasteiger partial charge in [-0.2, -0.15) is 13.5 Å². The van der Waals surface area contributed by atoms with Crippen molar-refractivity contribution >= 4 is 40.5 Å². The number of hydrogen-bond acceptors (Lipinski definition) is 3. The van der Waals surface area contributed by atoms with Crippen molar-refractivity contribution in [1.82, 2.24) is 10.2 Å². The molecule has 0 saturated carbocycles. The van der Waals surface area contributed by atoms with Crippen molar-refractivity contribution < 1.29 is 8.42 Å². The van der Waals surface area contributed by atoms with Crippen LogP contribution in [0.5, 0.6) is 0 Å². The van der Waals surface area contributed by atoms with Crippen molar-refractivity contribution in [2.45, 2.75) is 0 Å². The Labute approximate surface area is 89.8 Å². The van der Waals surface area contributed by atoms with Crippen molar-refractivity contribution in [3.63, 3.8) is 0 Å². The topological polar surface area (TPSA) is 62.8 Å². The molecule has 0 atom stereocenters. The Hall–Kier alpha value is -0.780. The highest BCUT2D eigenvalue weighted by Crippen LogP contribution is 2.06. The number of rotatable bonds is 0. The van der Waals surface area contributed by atoms with Crippen LogP contribution < -0.4 is 0 Å². The maximum absolute atomic E-state index is 9.16. The monoisotopic (exact) mass is 252 g/mol. The number of benzene rings is 1. The molecule has 0 aliphatic rings. The van der Waals surface area contributed by atoms with Crippen LogP contribution in [0.2, 0.25) is 0 Å². The number of aromatic amines is 1. The van der Waals surface area contributed by atoms with Crippen molar-refractivity contribution in [2.75, 3.05) is 0 Å². The summed E-state index contributed by atoms with van der Waals surface area (Å²) in [6.45, 7) is 0. The Balaban J connectivity index is 0.000000171. The van der Waals surface area contributed by atoms with E-state index in [-0.39, 0.29) is 0 Å². The summed E-state index contributed by atoms with van der Waals surface area (Å²) in [7, 11) is 4.81. The smallest absolute Gasteiger partial charge is 0.278 e. The molecule has 0 aliphatic heterocycles. The lowest BCUT2D eigenvalue weighted by atomic mass is 10.3. The lowest BCUT2D eigenvalue weighted by Crippen LogP contribution is -1.63. The molecule has 0 saturated heterocycles. The lowest BCUT2D eigenvalue weighted by Gasteiger charge is -1.81. The maximum Gasteiger partial charge on any atom is 0.317 e. The number of halogens is 2. The van der Waals surface area contributed by atoms with Gasteiger partial charge in [-0.25, -0.2) is 0 Å². The van der Waals surface area contributed by atoms with E-state index in [2.05, 4.69) is 31.6 Å². The van der Waals surface area contributed by atoms with Crippen LogP contribution in [0.3, 0.4) is 0 Å². The quantitative estimate of drug-likeness (QED) is 0.732. The van der Waals surface area contributed by atoms with Crippen LogP contribution in [0, 0.1) is 0 Å². The van der Waals surface area contributed by atoms with Crippen LogP contribution >= 0.6 is 21.4 Å². The number of H-pyrrole nitrogens is 1. The van der Waals surface area contributed by atoms with Crippen molar-refractivity contribution in [2.24, 2.45) is 0 Å². The van der Waals surface area contributed by atoms with E-state index < -0.39 is 8.26 Å². The van der Waals surface area contributed by atoms with Gasteiger partial charge in [0.05, 0.1) is 11.7 Å². The van der Waals surface area contributed by atoms with Gasteiger partial charge in [0.1, 0.15) is 0 Å². The van der Waals surface area contributed by atoms with E-state index in [1.54, 1.807) is 0 Å². The fraction of sp³-hybridized carbons (Fsp3) is 0. The van der Waals surface area contributed by atoms with Crippen LogP contribution in [-0.2, 0) is 8.26 Å². The highest BCUT2D eigenvalue weighted by atomic mass is 36.0. The maximum atomic E-state index is 9.16. The minimum atomic E-state index is -3.72. The molecule has 1 N–H and O–H groups in total. The minimum absolute atomic E-state index is 1.09. The summed E-state index contributed by atoms with van der Waals surface area (Å²) in [6.07, 6.45) is 1.81. The molecule has 2 rings (SSSR count). The summed E-state index contributed by atoms with van der Waals surface area (Å²) < 4.78 is 18.3. The third-order valence-corrected chi connectivity index (χ3v) is 1.35. The normalized spacial score (nSPS) is 10.7. The molecule has 2 aromatic rings. The standard InChI is InChI=1S/C7H6N2.Cl2O2S/c1-2-4-7-6(3-1)5-8-9-7;1-5(2,3)4/h1-5H,(H,8,9);. The Morgan fingerprint density at radius 1 is 1.21 bits per heavy atom. The van der Waals surface area contributed by atoms with Gasteiger partial charge in [0.15, 0.2) is 0 Å². The molecule has 0 radical (unpaired) electrons. The molecule has 1 heterocycles. The summed E-state index contributed by atoms with van der Waals surface area (Å²) in [6, 6.07) is 8.01. The molecule has 1 aromatic carbocycles. The van der Waals surface area contributed by atoms with Gasteiger partial charge >= 0.3 is 8.26 Å². The molecule has 0 bridgehead atoms. The zero-order chi connectivity index (χ0) is 10.6. The average molecular weight is 253 g/mol. The van der Waals surface area contributed by atoms with Crippen LogP contribution in [0.1, 0.15) is 0 Å². The third kappa shape index (κ3) is 4.45. The highest BCUT2D eigenvalue weighted by Gasteiger charge is 1.89. The number of nitrogens with zero attached hydrogens (tertiary/aromatic N) is 1. The van der Waals surface area contributed by atoms with E-state index in [1.807, 2.05) is 30.5 Å². The van der Waals surface area contributed by atoms with Gasteiger partial charge in [0, 0.05) is 26.8 Å². The Bertz CT molecular complexity index is 471. The molecule has 0 aliphatic carbocycles. The lowest BCUT2D eigenvalue weighted by molar-refractivity contribution is 0.621. The fourth-order valence-corrected chi connectivity index (χ4v) is 0.883. The first-order chi connectivity index (χ1) is 6.47. The van der Waals surface area contributed by atoms with Crippen LogP contribution in [0.4, 0.5) is 0 Å². The zero-order valence-electron chi connectivity index (χ0n) is 6.81. The molecular weight excluding hydrogens is 247 g/mol. The second kappa shape index (κ2) is 4.63. The molecule has 14 heavy (non-hydrogen) atoms. The second-order valence-electron chi connectivity index (χ2n) is 2.34. The summed E-state index contributed by atoms with van der Waals surface area (Å²) in [5, 5.41) is 7.91. The van der Waals surface area contributed by atoms with E-state index in [9.17, 15) is 0 Å². The van der Waals surface area contributed by atoms with E-state index in [4.69, 9.17) is 8.42 Å². The Kier molecular flexibility index (Phi) is 3.74. The van der Waals surface area contributed by atoms with Crippen molar-refractivity contribution in [1.29, 1.82) is 0 Å². The fourth-order valence-electron chi connectivity index (χ4n) is 0.883. The van der Waals surface area contributed by atoms with Crippen LogP contribution in [0.15, 0.2) is 30.5 Å². The second-order valence-corrected chi connectivity index (χ2v) is 6.00. The van der Waals surface area contributed by atoms with E-state index >= 15 is 0 Å². The largest absolute Gasteiger partial charge is 0.317 e. The van der Waals surface area contributed by atoms with Gasteiger partial charge in [-0.1, -0.05) is 18.2 Å². The third-order valence-electron chi connectivity index (χ3n) is 1.35. The summed E-state index contributed by atoms with van der Waals surface area (Å²) >= 11 is 0. The SMILES string of the molecule is O=S(=O)(Cl)Cl.c1ccc2[nH]ncc2c1. The van der Waals surface area contributed by atoms with Gasteiger partial charge in [-0.15, -0.1) is 0 Å². The average Bonchev–Trinajstić information content (AvgIpc) is 2.47. The summed E-state index contributed by atoms with van der Waals surface area (Å²) in [4.78, 5) is 0.